The van der Waals surface area contributed by atoms with Gasteiger partial charge in [-0.1, -0.05) is 6.07 Å². The molecule has 1 aliphatic heterocycles. The van der Waals surface area contributed by atoms with Gasteiger partial charge < -0.3 is 5.32 Å². The zero-order chi connectivity index (χ0) is 15.3. The van der Waals surface area contributed by atoms with Gasteiger partial charge in [-0.3, -0.25) is 4.90 Å². The highest BCUT2D eigenvalue weighted by Gasteiger charge is 2.48. The molecule has 1 aromatic carbocycles. The lowest BCUT2D eigenvalue weighted by molar-refractivity contribution is 0.0163. The Bertz CT molecular complexity index is 519. The number of hydrogen-bond acceptors (Lipinski definition) is 2. The zero-order valence-electron chi connectivity index (χ0n) is 13.0. The summed E-state index contributed by atoms with van der Waals surface area (Å²) in [6.07, 6.45) is 2.51. The van der Waals surface area contributed by atoms with Crippen molar-refractivity contribution in [2.24, 2.45) is 5.92 Å². The highest BCUT2D eigenvalue weighted by molar-refractivity contribution is 5.20. The number of piperazine rings is 1. The van der Waals surface area contributed by atoms with Gasteiger partial charge in [-0.25, -0.2) is 8.78 Å². The smallest absolute Gasteiger partial charge is 0.130 e. The van der Waals surface area contributed by atoms with Crippen LogP contribution in [0.15, 0.2) is 18.2 Å². The van der Waals surface area contributed by atoms with E-state index in [4.69, 9.17) is 0 Å². The van der Waals surface area contributed by atoms with E-state index in [0.29, 0.717) is 12.5 Å². The van der Waals surface area contributed by atoms with E-state index in [1.807, 2.05) is 0 Å². The lowest BCUT2D eigenvalue weighted by atomic mass is 9.86. The van der Waals surface area contributed by atoms with Crippen LogP contribution in [0.5, 0.6) is 0 Å². The van der Waals surface area contributed by atoms with Crippen molar-refractivity contribution in [2.75, 3.05) is 13.1 Å². The summed E-state index contributed by atoms with van der Waals surface area (Å²) in [7, 11) is 0. The van der Waals surface area contributed by atoms with Crippen molar-refractivity contribution < 1.29 is 8.78 Å². The summed E-state index contributed by atoms with van der Waals surface area (Å²) < 4.78 is 27.9. The Labute approximate surface area is 125 Å². The van der Waals surface area contributed by atoms with Crippen molar-refractivity contribution in [2.45, 2.75) is 51.2 Å². The fourth-order valence-electron chi connectivity index (χ4n) is 3.33. The van der Waals surface area contributed by atoms with Gasteiger partial charge in [0.2, 0.25) is 0 Å². The highest BCUT2D eigenvalue weighted by atomic mass is 19.1. The molecule has 1 N–H and O–H groups in total. The molecule has 1 aliphatic carbocycles. The van der Waals surface area contributed by atoms with Crippen molar-refractivity contribution in [3.63, 3.8) is 0 Å². The normalized spacial score (nSPS) is 29.6. The fourth-order valence-corrected chi connectivity index (χ4v) is 3.33. The SMILES string of the molecule is CC1(C2CC2)CN(Cc2c(F)cccc2F)C(C)(C)CN1. The summed E-state index contributed by atoms with van der Waals surface area (Å²) in [6.45, 7) is 8.51. The molecule has 0 aromatic heterocycles. The Balaban J connectivity index is 1.84. The van der Waals surface area contributed by atoms with Crippen LogP contribution in [0.2, 0.25) is 0 Å². The molecule has 0 radical (unpaired) electrons. The van der Waals surface area contributed by atoms with E-state index in [-0.39, 0.29) is 16.6 Å². The average Bonchev–Trinajstić information content (AvgIpc) is 3.23. The molecule has 1 unspecified atom stereocenters. The number of rotatable bonds is 3. The predicted octanol–water partition coefficient (Wildman–Crippen LogP) is 3.32. The molecule has 4 heteroatoms. The largest absolute Gasteiger partial charge is 0.308 e. The topological polar surface area (TPSA) is 15.3 Å². The van der Waals surface area contributed by atoms with Crippen LogP contribution in [0.3, 0.4) is 0 Å². The zero-order valence-corrected chi connectivity index (χ0v) is 13.0. The summed E-state index contributed by atoms with van der Waals surface area (Å²) in [5.41, 5.74) is 0.144. The van der Waals surface area contributed by atoms with Gasteiger partial charge in [-0.2, -0.15) is 0 Å². The van der Waals surface area contributed by atoms with Crippen molar-refractivity contribution in [1.82, 2.24) is 10.2 Å². The van der Waals surface area contributed by atoms with Crippen LogP contribution in [-0.4, -0.2) is 29.1 Å². The molecule has 0 amide bonds. The maximum Gasteiger partial charge on any atom is 0.130 e. The van der Waals surface area contributed by atoms with Gasteiger partial charge in [0.05, 0.1) is 0 Å². The molecular formula is C17H24F2N2. The van der Waals surface area contributed by atoms with Gasteiger partial charge in [-0.05, 0) is 51.7 Å². The van der Waals surface area contributed by atoms with E-state index in [1.165, 1.54) is 31.0 Å². The molecule has 2 fully saturated rings. The van der Waals surface area contributed by atoms with E-state index in [1.54, 1.807) is 0 Å². The van der Waals surface area contributed by atoms with Crippen LogP contribution in [-0.2, 0) is 6.54 Å². The third-order valence-corrected chi connectivity index (χ3v) is 5.19. The third kappa shape index (κ3) is 2.84. The second kappa shape index (κ2) is 5.03. The van der Waals surface area contributed by atoms with Crippen molar-refractivity contribution in [3.8, 4) is 0 Å². The minimum absolute atomic E-state index is 0.0667. The van der Waals surface area contributed by atoms with Crippen LogP contribution in [0.4, 0.5) is 8.78 Å². The van der Waals surface area contributed by atoms with Crippen LogP contribution >= 0.6 is 0 Å². The van der Waals surface area contributed by atoms with Crippen LogP contribution < -0.4 is 5.32 Å². The molecule has 21 heavy (non-hydrogen) atoms. The average molecular weight is 294 g/mol. The molecule has 0 spiro atoms. The van der Waals surface area contributed by atoms with Gasteiger partial charge >= 0.3 is 0 Å². The standard InChI is InChI=1S/C17H24F2N2/c1-16(2)10-20-17(3,12-7-8-12)11-21(16)9-13-14(18)5-4-6-15(13)19/h4-6,12,20H,7-11H2,1-3H3. The summed E-state index contributed by atoms with van der Waals surface area (Å²) >= 11 is 0. The second-order valence-corrected chi connectivity index (χ2v) is 7.41. The molecule has 1 atom stereocenters. The van der Waals surface area contributed by atoms with Gasteiger partial charge in [-0.15, -0.1) is 0 Å². The first-order valence-corrected chi connectivity index (χ1v) is 7.75. The van der Waals surface area contributed by atoms with E-state index >= 15 is 0 Å². The monoisotopic (exact) mass is 294 g/mol. The minimum Gasteiger partial charge on any atom is -0.308 e. The van der Waals surface area contributed by atoms with E-state index in [9.17, 15) is 8.78 Å². The van der Waals surface area contributed by atoms with Gasteiger partial charge in [0.25, 0.3) is 0 Å². The summed E-state index contributed by atoms with van der Waals surface area (Å²) in [4.78, 5) is 2.23. The van der Waals surface area contributed by atoms with Gasteiger partial charge in [0.15, 0.2) is 0 Å². The third-order valence-electron chi connectivity index (χ3n) is 5.19. The van der Waals surface area contributed by atoms with Crippen molar-refractivity contribution in [1.29, 1.82) is 0 Å². The Morgan fingerprint density at radius 3 is 2.38 bits per heavy atom. The molecule has 116 valence electrons. The molecule has 0 bridgehead atoms. The Hall–Kier alpha value is -1.00. The number of hydrogen-bond donors (Lipinski definition) is 1. The summed E-state index contributed by atoms with van der Waals surface area (Å²) in [5.74, 6) is -0.198. The first kappa shape index (κ1) is 14.9. The van der Waals surface area contributed by atoms with E-state index < -0.39 is 11.6 Å². The summed E-state index contributed by atoms with van der Waals surface area (Å²) in [6, 6.07) is 4.10. The minimum atomic E-state index is -0.447. The number of nitrogens with one attached hydrogen (secondary N) is 1. The number of nitrogens with zero attached hydrogens (tertiary/aromatic N) is 1. The highest BCUT2D eigenvalue weighted by Crippen LogP contribution is 2.42. The molecule has 1 saturated heterocycles. The maximum absolute atomic E-state index is 13.9. The lowest BCUT2D eigenvalue weighted by Crippen LogP contribution is -2.67. The van der Waals surface area contributed by atoms with Crippen LogP contribution in [0.25, 0.3) is 0 Å². The van der Waals surface area contributed by atoms with Crippen molar-refractivity contribution in [3.05, 3.63) is 35.4 Å². The van der Waals surface area contributed by atoms with Gasteiger partial charge in [0, 0.05) is 36.3 Å². The first-order valence-electron chi connectivity index (χ1n) is 7.75. The molecule has 2 nitrogen and oxygen atoms in total. The maximum atomic E-state index is 13.9. The molecule has 3 rings (SSSR count). The molecule has 2 aliphatic rings. The Morgan fingerprint density at radius 2 is 1.81 bits per heavy atom. The van der Waals surface area contributed by atoms with Gasteiger partial charge in [0.1, 0.15) is 11.6 Å². The second-order valence-electron chi connectivity index (χ2n) is 7.41. The molecule has 1 aromatic rings. The Kier molecular flexibility index (Phi) is 3.57. The van der Waals surface area contributed by atoms with E-state index in [0.717, 1.165) is 13.1 Å². The lowest BCUT2D eigenvalue weighted by Gasteiger charge is -2.51. The predicted molar refractivity (Wildman–Crippen MR) is 80.0 cm³/mol. The first-order chi connectivity index (χ1) is 9.82. The summed E-state index contributed by atoms with van der Waals surface area (Å²) in [5, 5.41) is 3.66. The van der Waals surface area contributed by atoms with Crippen LogP contribution in [0.1, 0.15) is 39.2 Å². The van der Waals surface area contributed by atoms with E-state index in [2.05, 4.69) is 31.0 Å². The molecule has 1 heterocycles. The molecule has 1 saturated carbocycles. The quantitative estimate of drug-likeness (QED) is 0.920. The van der Waals surface area contributed by atoms with Crippen LogP contribution in [0, 0.1) is 17.6 Å². The fraction of sp³-hybridized carbons (Fsp3) is 0.647. The molecular weight excluding hydrogens is 270 g/mol. The van der Waals surface area contributed by atoms with Crippen molar-refractivity contribution >= 4 is 0 Å². The Morgan fingerprint density at radius 1 is 1.19 bits per heavy atom. The number of benzene rings is 1. The number of halogens is 2.